The molecule has 0 aliphatic heterocycles. The van der Waals surface area contributed by atoms with Gasteiger partial charge in [-0.25, -0.2) is 8.78 Å². The lowest BCUT2D eigenvalue weighted by molar-refractivity contribution is 0.195. The number of rotatable bonds is 3. The maximum absolute atomic E-state index is 13.5. The van der Waals surface area contributed by atoms with E-state index in [2.05, 4.69) is 15.9 Å². The maximum atomic E-state index is 13.5. The van der Waals surface area contributed by atoms with E-state index in [1.54, 1.807) is 25.1 Å². The molecule has 2 aromatic carbocycles. The van der Waals surface area contributed by atoms with Crippen molar-refractivity contribution in [2.45, 2.75) is 13.0 Å². The average molecular weight is 329 g/mol. The minimum atomic E-state index is -0.795. The molecule has 5 heteroatoms. The van der Waals surface area contributed by atoms with Gasteiger partial charge in [-0.05, 0) is 31.2 Å². The van der Waals surface area contributed by atoms with Crippen LogP contribution in [-0.4, -0.2) is 5.11 Å². The molecular formula is C14H11BrF2O2. The Hall–Kier alpha value is -1.46. The molecule has 100 valence electrons. The summed E-state index contributed by atoms with van der Waals surface area (Å²) in [6.07, 6.45) is -0.758. The van der Waals surface area contributed by atoms with Gasteiger partial charge in [-0.15, -0.1) is 0 Å². The van der Waals surface area contributed by atoms with Gasteiger partial charge in [0.25, 0.3) is 0 Å². The summed E-state index contributed by atoms with van der Waals surface area (Å²) < 4.78 is 32.5. The van der Waals surface area contributed by atoms with Gasteiger partial charge in [0.15, 0.2) is 11.6 Å². The van der Waals surface area contributed by atoms with Crippen LogP contribution in [-0.2, 0) is 0 Å². The fraction of sp³-hybridized carbons (Fsp3) is 0.143. The molecule has 0 bridgehead atoms. The molecule has 1 atom stereocenters. The lowest BCUT2D eigenvalue weighted by atomic mass is 10.1. The van der Waals surface area contributed by atoms with Crippen molar-refractivity contribution >= 4 is 15.9 Å². The van der Waals surface area contributed by atoms with Gasteiger partial charge in [-0.2, -0.15) is 0 Å². The third kappa shape index (κ3) is 3.30. The number of aliphatic hydroxyl groups excluding tert-OH is 1. The SMILES string of the molecule is CC(O)c1ccc(Br)cc1Oc1ccc(F)cc1F. The molecule has 0 radical (unpaired) electrons. The first-order valence-corrected chi connectivity index (χ1v) is 6.37. The predicted octanol–water partition coefficient (Wildman–Crippen LogP) is 4.57. The standard InChI is InChI=1S/C14H11BrF2O2/c1-8(18)11-4-2-9(15)6-14(11)19-13-5-3-10(16)7-12(13)17/h2-8,18H,1H3. The minimum absolute atomic E-state index is 0.0959. The van der Waals surface area contributed by atoms with Gasteiger partial charge >= 0.3 is 0 Å². The van der Waals surface area contributed by atoms with Crippen LogP contribution in [0, 0.1) is 11.6 Å². The van der Waals surface area contributed by atoms with E-state index < -0.39 is 17.7 Å². The Balaban J connectivity index is 2.39. The number of aliphatic hydroxyl groups is 1. The van der Waals surface area contributed by atoms with E-state index >= 15 is 0 Å². The van der Waals surface area contributed by atoms with Crippen LogP contribution in [0.2, 0.25) is 0 Å². The van der Waals surface area contributed by atoms with Crippen LogP contribution in [0.15, 0.2) is 40.9 Å². The lowest BCUT2D eigenvalue weighted by Gasteiger charge is -2.14. The number of benzene rings is 2. The van der Waals surface area contributed by atoms with Crippen LogP contribution >= 0.6 is 15.9 Å². The summed E-state index contributed by atoms with van der Waals surface area (Å²) in [5.41, 5.74) is 0.520. The Morgan fingerprint density at radius 2 is 1.84 bits per heavy atom. The van der Waals surface area contributed by atoms with Crippen molar-refractivity contribution in [2.24, 2.45) is 0 Å². The Labute approximate surface area is 117 Å². The van der Waals surface area contributed by atoms with Gasteiger partial charge in [-0.1, -0.05) is 22.0 Å². The van der Waals surface area contributed by atoms with Gasteiger partial charge in [0.1, 0.15) is 11.6 Å². The third-order valence-electron chi connectivity index (χ3n) is 2.54. The van der Waals surface area contributed by atoms with Gasteiger partial charge in [0.2, 0.25) is 0 Å². The largest absolute Gasteiger partial charge is 0.454 e. The summed E-state index contributed by atoms with van der Waals surface area (Å²) in [6.45, 7) is 1.58. The van der Waals surface area contributed by atoms with Crippen LogP contribution in [0.25, 0.3) is 0 Å². The molecule has 19 heavy (non-hydrogen) atoms. The topological polar surface area (TPSA) is 29.5 Å². The zero-order valence-corrected chi connectivity index (χ0v) is 11.6. The van der Waals surface area contributed by atoms with Gasteiger partial charge in [0.05, 0.1) is 6.10 Å². The summed E-state index contributed by atoms with van der Waals surface area (Å²) in [7, 11) is 0. The third-order valence-corrected chi connectivity index (χ3v) is 3.03. The fourth-order valence-electron chi connectivity index (χ4n) is 1.62. The first kappa shape index (κ1) is 14.0. The van der Waals surface area contributed by atoms with E-state index in [0.717, 1.165) is 16.6 Å². The molecule has 1 N–H and O–H groups in total. The predicted molar refractivity (Wildman–Crippen MR) is 71.2 cm³/mol. The van der Waals surface area contributed by atoms with Crippen LogP contribution in [0.3, 0.4) is 0 Å². The van der Waals surface area contributed by atoms with Crippen molar-refractivity contribution < 1.29 is 18.6 Å². The number of ether oxygens (including phenoxy) is 1. The molecule has 0 saturated carbocycles. The molecule has 0 saturated heterocycles. The highest BCUT2D eigenvalue weighted by Crippen LogP contribution is 2.33. The Morgan fingerprint density at radius 1 is 1.11 bits per heavy atom. The van der Waals surface area contributed by atoms with Crippen LogP contribution in [0.1, 0.15) is 18.6 Å². The normalized spacial score (nSPS) is 12.3. The second kappa shape index (κ2) is 5.67. The monoisotopic (exact) mass is 328 g/mol. The van der Waals surface area contributed by atoms with Gasteiger partial charge < -0.3 is 9.84 Å². The van der Waals surface area contributed by atoms with Crippen molar-refractivity contribution in [2.75, 3.05) is 0 Å². The zero-order chi connectivity index (χ0) is 14.0. The highest BCUT2D eigenvalue weighted by atomic mass is 79.9. The fourth-order valence-corrected chi connectivity index (χ4v) is 1.96. The molecule has 0 aliphatic carbocycles. The lowest BCUT2D eigenvalue weighted by Crippen LogP contribution is -1.97. The quantitative estimate of drug-likeness (QED) is 0.894. The smallest absolute Gasteiger partial charge is 0.168 e. The Bertz CT molecular complexity index is 600. The number of halogens is 3. The highest BCUT2D eigenvalue weighted by molar-refractivity contribution is 9.10. The molecule has 2 nitrogen and oxygen atoms in total. The molecule has 0 amide bonds. The van der Waals surface area contributed by atoms with E-state index in [1.165, 1.54) is 6.07 Å². The van der Waals surface area contributed by atoms with Gasteiger partial charge in [0, 0.05) is 16.1 Å². The summed E-state index contributed by atoms with van der Waals surface area (Å²) in [6, 6.07) is 8.09. The molecular weight excluding hydrogens is 318 g/mol. The molecule has 0 fully saturated rings. The maximum Gasteiger partial charge on any atom is 0.168 e. The van der Waals surface area contributed by atoms with Crippen molar-refractivity contribution in [3.8, 4) is 11.5 Å². The van der Waals surface area contributed by atoms with E-state index in [0.29, 0.717) is 11.3 Å². The van der Waals surface area contributed by atoms with Gasteiger partial charge in [-0.3, -0.25) is 0 Å². The van der Waals surface area contributed by atoms with Crippen LogP contribution in [0.4, 0.5) is 8.78 Å². The van der Waals surface area contributed by atoms with Crippen molar-refractivity contribution in [3.63, 3.8) is 0 Å². The van der Waals surface area contributed by atoms with Crippen molar-refractivity contribution in [1.82, 2.24) is 0 Å². The first-order chi connectivity index (χ1) is 8.97. The van der Waals surface area contributed by atoms with E-state index in [1.807, 2.05) is 0 Å². The first-order valence-electron chi connectivity index (χ1n) is 5.58. The van der Waals surface area contributed by atoms with Crippen LogP contribution in [0.5, 0.6) is 11.5 Å². The molecule has 2 aromatic rings. The zero-order valence-electron chi connectivity index (χ0n) is 10.0. The van der Waals surface area contributed by atoms with E-state index in [9.17, 15) is 13.9 Å². The Morgan fingerprint density at radius 3 is 2.47 bits per heavy atom. The van der Waals surface area contributed by atoms with Crippen LogP contribution < -0.4 is 4.74 Å². The summed E-state index contributed by atoms with van der Waals surface area (Å²) in [4.78, 5) is 0. The number of hydrogen-bond acceptors (Lipinski definition) is 2. The second-order valence-electron chi connectivity index (χ2n) is 4.03. The minimum Gasteiger partial charge on any atom is -0.454 e. The van der Waals surface area contributed by atoms with E-state index in [4.69, 9.17) is 4.74 Å². The highest BCUT2D eigenvalue weighted by Gasteiger charge is 2.13. The second-order valence-corrected chi connectivity index (χ2v) is 4.95. The van der Waals surface area contributed by atoms with E-state index in [-0.39, 0.29) is 5.75 Å². The molecule has 0 spiro atoms. The Kier molecular flexibility index (Phi) is 4.17. The molecule has 0 aliphatic rings. The summed E-state index contributed by atoms with van der Waals surface area (Å²) in [5, 5.41) is 9.64. The molecule has 1 unspecified atom stereocenters. The molecule has 0 heterocycles. The average Bonchev–Trinajstić information content (AvgIpc) is 2.32. The van der Waals surface area contributed by atoms with Crippen molar-refractivity contribution in [3.05, 3.63) is 58.1 Å². The summed E-state index contributed by atoms with van der Waals surface area (Å²) in [5.74, 6) is -1.25. The van der Waals surface area contributed by atoms with Crippen molar-refractivity contribution in [1.29, 1.82) is 0 Å². The molecule has 0 aromatic heterocycles. The summed E-state index contributed by atoms with van der Waals surface area (Å²) >= 11 is 3.27. The molecule has 2 rings (SSSR count). The number of hydrogen-bond donors (Lipinski definition) is 1.